The maximum absolute atomic E-state index is 13.6. The number of amides is 1. The largest absolute Gasteiger partial charge is 0.494 e. The van der Waals surface area contributed by atoms with Gasteiger partial charge >= 0.3 is 0 Å². The summed E-state index contributed by atoms with van der Waals surface area (Å²) < 4.78 is 63.3. The van der Waals surface area contributed by atoms with E-state index in [9.17, 15) is 27.2 Å². The minimum absolute atomic E-state index is 0. The minimum Gasteiger partial charge on any atom is -0.494 e. The number of ether oxygens (including phenoxy) is 2. The maximum Gasteiger partial charge on any atom is 0.265 e. The summed E-state index contributed by atoms with van der Waals surface area (Å²) in [5.41, 5.74) is 3.95. The van der Waals surface area contributed by atoms with Gasteiger partial charge in [-0.2, -0.15) is 0 Å². The first-order valence-electron chi connectivity index (χ1n) is 13.4. The highest BCUT2D eigenvalue weighted by atomic mass is 35.5. The number of carbonyl (C=O) groups is 1. The highest BCUT2D eigenvalue weighted by Gasteiger charge is 2.52. The highest BCUT2D eigenvalue weighted by Crippen LogP contribution is 2.36. The van der Waals surface area contributed by atoms with Crippen LogP contribution in [0.15, 0.2) is 71.6 Å². The molecule has 1 fully saturated rings. The number of hydrogen-bond donors (Lipinski definition) is 2. The fourth-order valence-electron chi connectivity index (χ4n) is 5.07. The van der Waals surface area contributed by atoms with E-state index in [0.717, 1.165) is 17.2 Å². The van der Waals surface area contributed by atoms with Crippen LogP contribution < -0.4 is 10.2 Å². The van der Waals surface area contributed by atoms with Crippen LogP contribution in [0.1, 0.15) is 24.8 Å². The average Bonchev–Trinajstić information content (AvgIpc) is 2.99. The van der Waals surface area contributed by atoms with Crippen molar-refractivity contribution in [3.05, 3.63) is 83.9 Å². The molecule has 0 atom stereocenters. The van der Waals surface area contributed by atoms with Gasteiger partial charge in [0.1, 0.15) is 5.75 Å². The monoisotopic (exact) mass is 624 g/mol. The second kappa shape index (κ2) is 14.9. The second-order valence-corrected chi connectivity index (χ2v) is 12.3. The molecule has 0 spiro atoms. The van der Waals surface area contributed by atoms with Gasteiger partial charge in [0, 0.05) is 26.7 Å². The number of nitrogens with one attached hydrogen (secondary N) is 1. The normalized spacial score (nSPS) is 15.0. The third-order valence-electron chi connectivity index (χ3n) is 7.50. The van der Waals surface area contributed by atoms with Crippen LogP contribution in [0.3, 0.4) is 0 Å². The number of carbonyl (C=O) groups excluding carboxylic acids is 1. The van der Waals surface area contributed by atoms with E-state index in [1.807, 2.05) is 29.2 Å². The predicted molar refractivity (Wildman–Crippen MR) is 157 cm³/mol. The SMILES string of the molecule is COCCN1CCC(C(=O)NO)(S(=O)(=O)c2ccc(OCCCc3cccc(-c4ccc(F)c(F)c4)c3)cc2)CC1.Cl. The molecule has 228 valence electrons. The molecule has 0 bridgehead atoms. The van der Waals surface area contributed by atoms with Gasteiger partial charge in [0.05, 0.1) is 18.1 Å². The third-order valence-corrected chi connectivity index (χ3v) is 10.0. The number of likely N-dealkylation sites (tertiary alicyclic amines) is 1. The average molecular weight is 625 g/mol. The molecule has 0 aliphatic carbocycles. The Kier molecular flexibility index (Phi) is 11.8. The van der Waals surface area contributed by atoms with E-state index in [4.69, 9.17) is 9.47 Å². The fourth-order valence-corrected chi connectivity index (χ4v) is 7.02. The molecule has 0 saturated carbocycles. The topological polar surface area (TPSA) is 105 Å². The van der Waals surface area contributed by atoms with E-state index < -0.39 is 32.1 Å². The summed E-state index contributed by atoms with van der Waals surface area (Å²) in [7, 11) is -2.53. The molecule has 4 rings (SSSR count). The van der Waals surface area contributed by atoms with Gasteiger partial charge in [0.15, 0.2) is 26.2 Å². The fraction of sp³-hybridized carbons (Fsp3) is 0.367. The van der Waals surface area contributed by atoms with Crippen LogP contribution in [0.4, 0.5) is 8.78 Å². The van der Waals surface area contributed by atoms with Gasteiger partial charge in [-0.25, -0.2) is 22.7 Å². The zero-order valence-electron chi connectivity index (χ0n) is 23.2. The predicted octanol–water partition coefficient (Wildman–Crippen LogP) is 4.83. The molecule has 2 N–H and O–H groups in total. The summed E-state index contributed by atoms with van der Waals surface area (Å²) in [6, 6.07) is 17.3. The van der Waals surface area contributed by atoms with Crippen molar-refractivity contribution in [2.45, 2.75) is 35.3 Å². The summed E-state index contributed by atoms with van der Waals surface area (Å²) in [5, 5.41) is 9.36. The number of methoxy groups -OCH3 is 1. The number of aryl methyl sites for hydroxylation is 1. The number of nitrogens with zero attached hydrogens (tertiary/aromatic N) is 1. The van der Waals surface area contributed by atoms with Crippen molar-refractivity contribution in [3.63, 3.8) is 0 Å². The molecular formula is C30H35ClF2N2O6S. The Bertz CT molecular complexity index is 1450. The van der Waals surface area contributed by atoms with Crippen LogP contribution in [-0.2, 0) is 25.8 Å². The quantitative estimate of drug-likeness (QED) is 0.169. The van der Waals surface area contributed by atoms with Gasteiger partial charge in [-0.05, 0) is 78.8 Å². The van der Waals surface area contributed by atoms with Gasteiger partial charge in [-0.1, -0.05) is 30.3 Å². The van der Waals surface area contributed by atoms with Crippen molar-refractivity contribution in [2.24, 2.45) is 0 Å². The first kappa shape index (κ1) is 33.4. The number of hydrogen-bond acceptors (Lipinski definition) is 7. The van der Waals surface area contributed by atoms with Crippen molar-refractivity contribution in [1.82, 2.24) is 10.4 Å². The van der Waals surface area contributed by atoms with Crippen LogP contribution in [0.2, 0.25) is 0 Å². The van der Waals surface area contributed by atoms with Crippen molar-refractivity contribution in [2.75, 3.05) is 40.0 Å². The van der Waals surface area contributed by atoms with Gasteiger partial charge in [0.25, 0.3) is 5.91 Å². The molecule has 3 aromatic carbocycles. The molecule has 3 aromatic rings. The number of hydroxylamine groups is 1. The van der Waals surface area contributed by atoms with Gasteiger partial charge in [-0.3, -0.25) is 10.0 Å². The van der Waals surface area contributed by atoms with Crippen LogP contribution in [0.25, 0.3) is 11.1 Å². The lowest BCUT2D eigenvalue weighted by atomic mass is 9.95. The van der Waals surface area contributed by atoms with Crippen molar-refractivity contribution in [1.29, 1.82) is 0 Å². The molecule has 0 unspecified atom stereocenters. The molecule has 1 heterocycles. The van der Waals surface area contributed by atoms with Gasteiger partial charge in [-0.15, -0.1) is 12.4 Å². The summed E-state index contributed by atoms with van der Waals surface area (Å²) in [4.78, 5) is 14.7. The molecule has 42 heavy (non-hydrogen) atoms. The van der Waals surface area contributed by atoms with Crippen LogP contribution in [0.5, 0.6) is 5.75 Å². The van der Waals surface area contributed by atoms with Crippen molar-refractivity contribution < 1.29 is 36.7 Å². The summed E-state index contributed by atoms with van der Waals surface area (Å²) >= 11 is 0. The highest BCUT2D eigenvalue weighted by molar-refractivity contribution is 7.93. The molecule has 1 amide bonds. The Morgan fingerprint density at radius 2 is 1.67 bits per heavy atom. The van der Waals surface area contributed by atoms with Gasteiger partial charge < -0.3 is 14.4 Å². The lowest BCUT2D eigenvalue weighted by Crippen LogP contribution is -2.57. The molecule has 1 saturated heterocycles. The van der Waals surface area contributed by atoms with E-state index >= 15 is 0 Å². The maximum atomic E-state index is 13.6. The first-order valence-corrected chi connectivity index (χ1v) is 14.9. The second-order valence-electron chi connectivity index (χ2n) is 10.0. The van der Waals surface area contributed by atoms with Crippen molar-refractivity contribution >= 4 is 28.2 Å². The number of benzene rings is 3. The minimum atomic E-state index is -4.12. The lowest BCUT2D eigenvalue weighted by molar-refractivity contribution is -0.133. The molecular weight excluding hydrogens is 590 g/mol. The van der Waals surface area contributed by atoms with Crippen molar-refractivity contribution in [3.8, 4) is 16.9 Å². The Labute approximate surface area is 250 Å². The molecule has 0 aromatic heterocycles. The Balaban J connectivity index is 0.00000484. The summed E-state index contributed by atoms with van der Waals surface area (Å²) in [6.07, 6.45) is 1.44. The molecule has 1 aliphatic heterocycles. The Hall–Kier alpha value is -3.09. The Morgan fingerprint density at radius 1 is 0.976 bits per heavy atom. The van der Waals surface area contributed by atoms with Crippen LogP contribution >= 0.6 is 12.4 Å². The zero-order chi connectivity index (χ0) is 29.5. The molecule has 12 heteroatoms. The smallest absolute Gasteiger partial charge is 0.265 e. The summed E-state index contributed by atoms with van der Waals surface area (Å²) in [6.45, 7) is 2.24. The zero-order valence-corrected chi connectivity index (χ0v) is 24.9. The summed E-state index contributed by atoms with van der Waals surface area (Å²) in [5.74, 6) is -2.23. The van der Waals surface area contributed by atoms with E-state index in [-0.39, 0.29) is 30.1 Å². The Morgan fingerprint density at radius 3 is 2.31 bits per heavy atom. The molecule has 0 radical (unpaired) electrons. The number of piperidine rings is 1. The lowest BCUT2D eigenvalue weighted by Gasteiger charge is -2.39. The molecule has 1 aliphatic rings. The number of rotatable bonds is 12. The number of halogens is 3. The molecule has 8 nitrogen and oxygen atoms in total. The standard InChI is InChI=1S/C30H34F2N2O6S.ClH/c1-39-19-17-34-15-13-30(14-16-34,29(35)33-36)41(37,38)26-10-8-25(9-11-26)40-18-3-5-22-4-2-6-23(20-22)24-7-12-27(31)28(32)21-24;/h2,4,6-12,20-21,36H,3,5,13-19H2,1H3,(H,33,35);1H. The first-order chi connectivity index (χ1) is 19.7. The van der Waals surface area contributed by atoms with E-state index in [1.165, 1.54) is 24.3 Å². The van der Waals surface area contributed by atoms with Crippen LogP contribution in [-0.4, -0.2) is 69.1 Å². The van der Waals surface area contributed by atoms with E-state index in [2.05, 4.69) is 0 Å². The van der Waals surface area contributed by atoms with E-state index in [0.29, 0.717) is 57.0 Å². The van der Waals surface area contributed by atoms with E-state index in [1.54, 1.807) is 24.7 Å². The third kappa shape index (κ3) is 7.45. The number of sulfone groups is 1. The van der Waals surface area contributed by atoms with Gasteiger partial charge in [0.2, 0.25) is 0 Å². The van der Waals surface area contributed by atoms with Crippen LogP contribution in [0, 0.1) is 11.6 Å².